The lowest BCUT2D eigenvalue weighted by molar-refractivity contribution is 0.102. The van der Waals surface area contributed by atoms with E-state index < -0.39 is 0 Å². The number of ether oxygens (including phenoxy) is 1. The zero-order chi connectivity index (χ0) is 22.7. The maximum atomic E-state index is 12.8. The summed E-state index contributed by atoms with van der Waals surface area (Å²) in [7, 11) is 0. The van der Waals surface area contributed by atoms with E-state index in [0.717, 1.165) is 17.0 Å². The minimum Gasteiger partial charge on any atom is -0.470 e. The molecule has 0 saturated heterocycles. The van der Waals surface area contributed by atoms with Gasteiger partial charge in [-0.1, -0.05) is 59.6 Å². The number of benzene rings is 2. The summed E-state index contributed by atoms with van der Waals surface area (Å²) in [5, 5.41) is 12.5. The molecule has 0 radical (unpaired) electrons. The average Bonchev–Trinajstić information content (AvgIpc) is 3.36. The van der Waals surface area contributed by atoms with Crippen molar-refractivity contribution in [2.45, 2.75) is 27.1 Å². The fourth-order valence-corrected chi connectivity index (χ4v) is 3.60. The van der Waals surface area contributed by atoms with Gasteiger partial charge in [0.2, 0.25) is 0 Å². The van der Waals surface area contributed by atoms with Gasteiger partial charge in [-0.3, -0.25) is 9.48 Å². The minimum absolute atomic E-state index is 0.0837. The van der Waals surface area contributed by atoms with Crippen molar-refractivity contribution in [2.75, 3.05) is 5.32 Å². The van der Waals surface area contributed by atoms with Crippen molar-refractivity contribution in [3.63, 3.8) is 0 Å². The highest BCUT2D eigenvalue weighted by Gasteiger charge is 2.17. The van der Waals surface area contributed by atoms with E-state index in [1.165, 1.54) is 4.68 Å². The highest BCUT2D eigenvalue weighted by Crippen LogP contribution is 2.31. The van der Waals surface area contributed by atoms with Crippen LogP contribution in [0.1, 0.15) is 27.4 Å². The molecular formula is C23H21Cl2N5O2. The molecule has 2 heterocycles. The zero-order valence-electron chi connectivity index (χ0n) is 17.5. The molecule has 2 aromatic carbocycles. The Morgan fingerprint density at radius 1 is 1.03 bits per heavy atom. The number of nitrogens with zero attached hydrogens (tertiary/aromatic N) is 4. The van der Waals surface area contributed by atoms with Crippen molar-refractivity contribution < 1.29 is 9.53 Å². The molecule has 0 spiro atoms. The summed E-state index contributed by atoms with van der Waals surface area (Å²) in [5.74, 6) is 0.118. The van der Waals surface area contributed by atoms with Crippen molar-refractivity contribution in [3.8, 4) is 5.75 Å². The minimum atomic E-state index is -0.324. The van der Waals surface area contributed by atoms with Crippen LogP contribution in [0.3, 0.4) is 0 Å². The van der Waals surface area contributed by atoms with Crippen molar-refractivity contribution in [2.24, 2.45) is 0 Å². The Kier molecular flexibility index (Phi) is 6.48. The molecule has 0 aliphatic rings. The Morgan fingerprint density at radius 2 is 1.81 bits per heavy atom. The molecule has 7 nitrogen and oxygen atoms in total. The molecule has 0 unspecified atom stereocenters. The molecule has 0 bridgehead atoms. The van der Waals surface area contributed by atoms with E-state index in [-0.39, 0.29) is 18.3 Å². The number of anilines is 1. The number of amides is 1. The summed E-state index contributed by atoms with van der Waals surface area (Å²) < 4.78 is 9.03. The quantitative estimate of drug-likeness (QED) is 0.396. The van der Waals surface area contributed by atoms with Gasteiger partial charge >= 0.3 is 0 Å². The fraction of sp³-hybridized carbons (Fsp3) is 0.174. The first kappa shape index (κ1) is 21.9. The molecule has 0 aliphatic carbocycles. The van der Waals surface area contributed by atoms with E-state index in [1.54, 1.807) is 30.5 Å². The number of aryl methyl sites for hydroxylation is 1. The SMILES string of the molecule is Cc1nn(Cc2ccccc2)c(C)c1NC(=O)c1ccn(COc2cccc(Cl)c2Cl)n1. The lowest BCUT2D eigenvalue weighted by Crippen LogP contribution is -2.15. The second-order valence-electron chi connectivity index (χ2n) is 7.21. The van der Waals surface area contributed by atoms with Crippen LogP contribution in [0.25, 0.3) is 0 Å². The van der Waals surface area contributed by atoms with Crippen LogP contribution in [0.2, 0.25) is 10.0 Å². The number of aromatic nitrogens is 4. The number of hydrogen-bond donors (Lipinski definition) is 1. The first-order chi connectivity index (χ1) is 15.4. The Labute approximate surface area is 195 Å². The molecule has 0 aliphatic heterocycles. The highest BCUT2D eigenvalue weighted by atomic mass is 35.5. The van der Waals surface area contributed by atoms with Crippen LogP contribution < -0.4 is 10.1 Å². The Bertz CT molecular complexity index is 1250. The average molecular weight is 470 g/mol. The van der Waals surface area contributed by atoms with Crippen LogP contribution in [0, 0.1) is 13.8 Å². The summed E-state index contributed by atoms with van der Waals surface area (Å²) in [4.78, 5) is 12.8. The van der Waals surface area contributed by atoms with Crippen LogP contribution in [0.15, 0.2) is 60.8 Å². The number of hydrogen-bond acceptors (Lipinski definition) is 4. The number of halogens is 2. The van der Waals surface area contributed by atoms with Gasteiger partial charge in [0.1, 0.15) is 10.8 Å². The van der Waals surface area contributed by atoms with Crippen LogP contribution >= 0.6 is 23.2 Å². The smallest absolute Gasteiger partial charge is 0.276 e. The Balaban J connectivity index is 1.42. The summed E-state index contributed by atoms with van der Waals surface area (Å²) in [6, 6.07) is 16.8. The number of carbonyl (C=O) groups is 1. The van der Waals surface area contributed by atoms with Gasteiger partial charge in [-0.15, -0.1) is 0 Å². The van der Waals surface area contributed by atoms with Crippen LogP contribution in [-0.4, -0.2) is 25.5 Å². The van der Waals surface area contributed by atoms with Crippen molar-refractivity contribution in [1.29, 1.82) is 0 Å². The lowest BCUT2D eigenvalue weighted by Gasteiger charge is -2.08. The Morgan fingerprint density at radius 3 is 2.59 bits per heavy atom. The van der Waals surface area contributed by atoms with Crippen LogP contribution in [-0.2, 0) is 13.3 Å². The van der Waals surface area contributed by atoms with Gasteiger partial charge < -0.3 is 10.1 Å². The van der Waals surface area contributed by atoms with Gasteiger partial charge in [-0.2, -0.15) is 10.2 Å². The predicted molar refractivity (Wildman–Crippen MR) is 125 cm³/mol. The van der Waals surface area contributed by atoms with E-state index in [4.69, 9.17) is 27.9 Å². The van der Waals surface area contributed by atoms with E-state index >= 15 is 0 Å². The third-order valence-corrected chi connectivity index (χ3v) is 5.74. The summed E-state index contributed by atoms with van der Waals surface area (Å²) in [6.45, 7) is 4.51. The molecule has 164 valence electrons. The molecule has 9 heteroatoms. The van der Waals surface area contributed by atoms with Gasteiger partial charge in [0, 0.05) is 6.20 Å². The van der Waals surface area contributed by atoms with E-state index in [0.29, 0.717) is 28.0 Å². The largest absolute Gasteiger partial charge is 0.470 e. The summed E-state index contributed by atoms with van der Waals surface area (Å²) >= 11 is 12.1. The topological polar surface area (TPSA) is 74.0 Å². The normalized spacial score (nSPS) is 10.9. The maximum Gasteiger partial charge on any atom is 0.276 e. The molecule has 0 saturated carbocycles. The van der Waals surface area contributed by atoms with E-state index in [1.807, 2.05) is 48.9 Å². The molecule has 32 heavy (non-hydrogen) atoms. The van der Waals surface area contributed by atoms with Gasteiger partial charge in [-0.25, -0.2) is 4.68 Å². The van der Waals surface area contributed by atoms with Crippen LogP contribution in [0.5, 0.6) is 5.75 Å². The highest BCUT2D eigenvalue weighted by molar-refractivity contribution is 6.42. The van der Waals surface area contributed by atoms with Crippen LogP contribution in [0.4, 0.5) is 5.69 Å². The maximum absolute atomic E-state index is 12.8. The third kappa shape index (κ3) is 4.79. The molecule has 0 fully saturated rings. The second kappa shape index (κ2) is 9.46. The van der Waals surface area contributed by atoms with Gasteiger partial charge in [-0.05, 0) is 37.6 Å². The first-order valence-electron chi connectivity index (χ1n) is 9.92. The molecular weight excluding hydrogens is 449 g/mol. The van der Waals surface area contributed by atoms with Gasteiger partial charge in [0.05, 0.1) is 28.6 Å². The van der Waals surface area contributed by atoms with Crippen molar-refractivity contribution in [1.82, 2.24) is 19.6 Å². The zero-order valence-corrected chi connectivity index (χ0v) is 19.1. The molecule has 1 amide bonds. The molecule has 4 rings (SSSR count). The second-order valence-corrected chi connectivity index (χ2v) is 7.99. The first-order valence-corrected chi connectivity index (χ1v) is 10.7. The number of rotatable bonds is 7. The fourth-order valence-electron chi connectivity index (χ4n) is 3.25. The van der Waals surface area contributed by atoms with Gasteiger partial charge in [0.15, 0.2) is 12.4 Å². The monoisotopic (exact) mass is 469 g/mol. The van der Waals surface area contributed by atoms with Crippen molar-refractivity contribution >= 4 is 34.8 Å². The molecule has 2 aromatic heterocycles. The number of carbonyl (C=O) groups excluding carboxylic acids is 1. The van der Waals surface area contributed by atoms with E-state index in [2.05, 4.69) is 15.5 Å². The lowest BCUT2D eigenvalue weighted by atomic mass is 10.2. The molecule has 4 aromatic rings. The third-order valence-electron chi connectivity index (χ3n) is 4.94. The molecule has 1 N–H and O–H groups in total. The Hall–Kier alpha value is -3.29. The summed E-state index contributed by atoms with van der Waals surface area (Å²) in [6.07, 6.45) is 1.66. The molecule has 0 atom stereocenters. The van der Waals surface area contributed by atoms with E-state index in [9.17, 15) is 4.79 Å². The predicted octanol–water partition coefficient (Wildman–Crippen LogP) is 5.34. The van der Waals surface area contributed by atoms with Crippen molar-refractivity contribution in [3.05, 3.63) is 93.5 Å². The standard InChI is InChI=1S/C23H21Cl2N5O2/c1-15-22(16(2)30(27-15)13-17-7-4-3-5-8-17)26-23(31)19-11-12-29(28-19)14-32-20-10-6-9-18(24)21(20)25/h3-12H,13-14H2,1-2H3,(H,26,31). The number of nitrogens with one attached hydrogen (secondary N) is 1. The summed E-state index contributed by atoms with van der Waals surface area (Å²) in [5.41, 5.74) is 3.69. The van der Waals surface area contributed by atoms with Gasteiger partial charge in [0.25, 0.3) is 5.91 Å².